The second-order valence-corrected chi connectivity index (χ2v) is 6.48. The van der Waals surface area contributed by atoms with Crippen LogP contribution in [0, 0.1) is 11.8 Å². The highest BCUT2D eigenvalue weighted by atomic mass is 19.4. The fraction of sp³-hybridized carbons (Fsp3) is 0.611. The molecule has 2 unspecified atom stereocenters. The third-order valence-electron chi connectivity index (χ3n) is 4.42. The number of carbonyl (C=O) groups excluding carboxylic acids is 1. The van der Waals surface area contributed by atoms with Crippen LogP contribution in [0.15, 0.2) is 23.3 Å². The number of hydrogen-bond donors (Lipinski definition) is 1. The fourth-order valence-electron chi connectivity index (χ4n) is 2.96. The first-order valence-corrected chi connectivity index (χ1v) is 9.03. The molecular weight excluding hydrogens is 377 g/mol. The van der Waals surface area contributed by atoms with Gasteiger partial charge < -0.3 is 19.7 Å². The monoisotopic (exact) mass is 402 g/mol. The number of hydrogen-bond acceptors (Lipinski definition) is 5. The lowest BCUT2D eigenvalue weighted by molar-refractivity contribution is -0.146. The van der Waals surface area contributed by atoms with Gasteiger partial charge in [0.25, 0.3) is 0 Å². The summed E-state index contributed by atoms with van der Waals surface area (Å²) < 4.78 is 47.8. The van der Waals surface area contributed by atoms with Crippen LogP contribution in [0.2, 0.25) is 0 Å². The quantitative estimate of drug-likeness (QED) is 0.340. The van der Waals surface area contributed by atoms with Gasteiger partial charge in [-0.25, -0.2) is 9.98 Å². The van der Waals surface area contributed by atoms with Crippen molar-refractivity contribution in [3.05, 3.63) is 23.9 Å². The molecule has 1 aliphatic heterocycles. The molecule has 0 amide bonds. The van der Waals surface area contributed by atoms with Gasteiger partial charge in [0.1, 0.15) is 6.61 Å². The molecule has 0 aliphatic carbocycles. The van der Waals surface area contributed by atoms with Gasteiger partial charge in [0.2, 0.25) is 5.88 Å². The highest BCUT2D eigenvalue weighted by Crippen LogP contribution is 2.29. The van der Waals surface area contributed by atoms with Crippen LogP contribution in [0.5, 0.6) is 5.88 Å². The molecule has 1 aromatic heterocycles. The molecule has 0 bridgehead atoms. The maximum Gasteiger partial charge on any atom is 0.417 e. The van der Waals surface area contributed by atoms with Crippen molar-refractivity contribution in [2.75, 3.05) is 39.9 Å². The zero-order chi connectivity index (χ0) is 20.7. The molecule has 156 valence electrons. The normalized spacial score (nSPS) is 20.2. The first-order chi connectivity index (χ1) is 13.3. The van der Waals surface area contributed by atoms with E-state index in [4.69, 9.17) is 9.47 Å². The third-order valence-corrected chi connectivity index (χ3v) is 4.42. The minimum absolute atomic E-state index is 0.105. The molecule has 1 N–H and O–H groups in total. The molecule has 7 nitrogen and oxygen atoms in total. The summed E-state index contributed by atoms with van der Waals surface area (Å²) in [6.45, 7) is 6.23. The summed E-state index contributed by atoms with van der Waals surface area (Å²) in [5.41, 5.74) is -0.824. The maximum atomic E-state index is 12.5. The van der Waals surface area contributed by atoms with E-state index in [0.29, 0.717) is 32.1 Å². The molecule has 10 heteroatoms. The Labute approximate surface area is 161 Å². The molecule has 0 spiro atoms. The van der Waals surface area contributed by atoms with Crippen molar-refractivity contribution in [2.24, 2.45) is 16.8 Å². The number of aromatic nitrogens is 1. The van der Waals surface area contributed by atoms with Crippen molar-refractivity contribution in [1.82, 2.24) is 15.2 Å². The van der Waals surface area contributed by atoms with Gasteiger partial charge in [-0.2, -0.15) is 13.2 Å². The summed E-state index contributed by atoms with van der Waals surface area (Å²) in [7, 11) is 1.38. The SMILES string of the molecule is CCNC(=NCCOc1ccc(C(F)(F)F)cn1)N1CC(C)C(C(=O)OC)C1. The molecule has 2 atom stereocenters. The van der Waals surface area contributed by atoms with Crippen LogP contribution in [0.25, 0.3) is 0 Å². The predicted molar refractivity (Wildman–Crippen MR) is 97.0 cm³/mol. The summed E-state index contributed by atoms with van der Waals surface area (Å²) in [5, 5.41) is 3.17. The molecule has 1 fully saturated rings. The number of nitrogens with zero attached hydrogens (tertiary/aromatic N) is 3. The van der Waals surface area contributed by atoms with E-state index >= 15 is 0 Å². The molecule has 2 rings (SSSR count). The number of ether oxygens (including phenoxy) is 2. The van der Waals surface area contributed by atoms with Crippen LogP contribution >= 0.6 is 0 Å². The van der Waals surface area contributed by atoms with Crippen LogP contribution in [-0.4, -0.2) is 61.7 Å². The van der Waals surface area contributed by atoms with Crippen LogP contribution in [0.1, 0.15) is 19.4 Å². The zero-order valence-corrected chi connectivity index (χ0v) is 16.1. The molecule has 28 heavy (non-hydrogen) atoms. The predicted octanol–water partition coefficient (Wildman–Crippen LogP) is 2.19. The summed E-state index contributed by atoms with van der Waals surface area (Å²) in [6, 6.07) is 2.11. The van der Waals surface area contributed by atoms with E-state index in [0.717, 1.165) is 12.3 Å². The van der Waals surface area contributed by atoms with Gasteiger partial charge in [0.05, 0.1) is 25.1 Å². The maximum absolute atomic E-state index is 12.5. The van der Waals surface area contributed by atoms with Crippen LogP contribution < -0.4 is 10.1 Å². The van der Waals surface area contributed by atoms with E-state index < -0.39 is 11.7 Å². The molecule has 2 heterocycles. The Morgan fingerprint density at radius 1 is 1.39 bits per heavy atom. The summed E-state index contributed by atoms with van der Waals surface area (Å²) in [5.74, 6) is 0.464. The van der Waals surface area contributed by atoms with E-state index in [1.807, 2.05) is 18.7 Å². The minimum Gasteiger partial charge on any atom is -0.476 e. The van der Waals surface area contributed by atoms with Crippen molar-refractivity contribution < 1.29 is 27.4 Å². The van der Waals surface area contributed by atoms with Crippen LogP contribution in [-0.2, 0) is 15.7 Å². The van der Waals surface area contributed by atoms with E-state index in [1.165, 1.54) is 13.2 Å². The number of methoxy groups -OCH3 is 1. The van der Waals surface area contributed by atoms with Gasteiger partial charge in [-0.3, -0.25) is 4.79 Å². The minimum atomic E-state index is -4.43. The first-order valence-electron chi connectivity index (χ1n) is 9.03. The van der Waals surface area contributed by atoms with E-state index in [1.54, 1.807) is 0 Å². The Bertz CT molecular complexity index is 680. The van der Waals surface area contributed by atoms with Crippen LogP contribution in [0.4, 0.5) is 13.2 Å². The van der Waals surface area contributed by atoms with Gasteiger partial charge in [0, 0.05) is 31.9 Å². The zero-order valence-electron chi connectivity index (χ0n) is 16.1. The number of aliphatic imine (C=N–C) groups is 1. The van der Waals surface area contributed by atoms with Gasteiger partial charge in [-0.05, 0) is 18.9 Å². The Morgan fingerprint density at radius 2 is 2.14 bits per heavy atom. The largest absolute Gasteiger partial charge is 0.476 e. The van der Waals surface area contributed by atoms with Gasteiger partial charge >= 0.3 is 12.1 Å². The van der Waals surface area contributed by atoms with E-state index in [2.05, 4.69) is 15.3 Å². The second-order valence-electron chi connectivity index (χ2n) is 6.48. The average Bonchev–Trinajstić information content (AvgIpc) is 3.05. The number of esters is 1. The standard InChI is InChI=1S/C18H25F3N4O3/c1-4-22-17(25-10-12(2)14(11-25)16(26)27-3)23-7-8-28-15-6-5-13(9-24-15)18(19,20)21/h5-6,9,12,14H,4,7-8,10-11H2,1-3H3,(H,22,23). The highest BCUT2D eigenvalue weighted by molar-refractivity contribution is 5.82. The molecular formula is C18H25F3N4O3. The van der Waals surface area contributed by atoms with E-state index in [-0.39, 0.29) is 30.3 Å². The number of alkyl halides is 3. The topological polar surface area (TPSA) is 76.1 Å². The number of likely N-dealkylation sites (tertiary alicyclic amines) is 1. The molecule has 1 saturated heterocycles. The molecule has 0 saturated carbocycles. The molecule has 1 aromatic rings. The molecule has 1 aliphatic rings. The summed E-state index contributed by atoms with van der Waals surface area (Å²) in [6.07, 6.45) is -3.69. The lowest BCUT2D eigenvalue weighted by Crippen LogP contribution is -2.41. The van der Waals surface area contributed by atoms with Gasteiger partial charge in [-0.15, -0.1) is 0 Å². The number of pyridine rings is 1. The van der Waals surface area contributed by atoms with Crippen molar-refractivity contribution in [2.45, 2.75) is 20.0 Å². The Hall–Kier alpha value is -2.52. The van der Waals surface area contributed by atoms with Crippen molar-refractivity contribution in [3.8, 4) is 5.88 Å². The Morgan fingerprint density at radius 3 is 2.71 bits per heavy atom. The average molecular weight is 402 g/mol. The number of nitrogens with one attached hydrogen (secondary N) is 1. The highest BCUT2D eigenvalue weighted by Gasteiger charge is 2.36. The lowest BCUT2D eigenvalue weighted by atomic mass is 9.99. The van der Waals surface area contributed by atoms with Crippen LogP contribution in [0.3, 0.4) is 0 Å². The van der Waals surface area contributed by atoms with Crippen molar-refractivity contribution >= 4 is 11.9 Å². The Balaban J connectivity index is 1.90. The fourth-order valence-corrected chi connectivity index (χ4v) is 2.96. The first kappa shape index (κ1) is 21.8. The number of halogens is 3. The van der Waals surface area contributed by atoms with Gasteiger partial charge in [0.15, 0.2) is 5.96 Å². The summed E-state index contributed by atoms with van der Waals surface area (Å²) in [4.78, 5) is 22.0. The third kappa shape index (κ3) is 5.74. The van der Waals surface area contributed by atoms with Crippen molar-refractivity contribution in [1.29, 1.82) is 0 Å². The van der Waals surface area contributed by atoms with Crippen molar-refractivity contribution in [3.63, 3.8) is 0 Å². The number of rotatable bonds is 6. The number of guanidine groups is 1. The smallest absolute Gasteiger partial charge is 0.417 e. The van der Waals surface area contributed by atoms with E-state index in [9.17, 15) is 18.0 Å². The summed E-state index contributed by atoms with van der Waals surface area (Å²) >= 11 is 0. The second kappa shape index (κ2) is 9.61. The molecule has 0 radical (unpaired) electrons. The molecule has 0 aromatic carbocycles. The Kier molecular flexibility index (Phi) is 7.47. The lowest BCUT2D eigenvalue weighted by Gasteiger charge is -2.21. The van der Waals surface area contributed by atoms with Gasteiger partial charge in [-0.1, -0.05) is 6.92 Å². The number of carbonyl (C=O) groups is 1.